The number of rotatable bonds is 6. The van der Waals surface area contributed by atoms with Gasteiger partial charge >= 0.3 is 0 Å². The van der Waals surface area contributed by atoms with Gasteiger partial charge in [-0.05, 0) is 12.0 Å². The van der Waals surface area contributed by atoms with E-state index in [4.69, 9.17) is 10.7 Å². The van der Waals surface area contributed by atoms with Gasteiger partial charge in [-0.25, -0.2) is 8.78 Å². The predicted molar refractivity (Wildman–Crippen MR) is 115 cm³/mol. The van der Waals surface area contributed by atoms with Gasteiger partial charge in [-0.2, -0.15) is 5.10 Å². The molecule has 1 aromatic rings. The molecule has 3 N–H and O–H groups in total. The molecule has 2 atom stereocenters. The van der Waals surface area contributed by atoms with Crippen molar-refractivity contribution in [1.82, 2.24) is 20.0 Å². The van der Waals surface area contributed by atoms with Crippen LogP contribution in [-0.2, 0) is 11.8 Å². The van der Waals surface area contributed by atoms with E-state index in [1.54, 1.807) is 15.8 Å². The molecule has 7 nitrogen and oxygen atoms in total. The van der Waals surface area contributed by atoms with Crippen LogP contribution in [0.4, 0.5) is 8.78 Å². The average molecular weight is 431 g/mol. The summed E-state index contributed by atoms with van der Waals surface area (Å²) in [5.74, 6) is -2.91. The van der Waals surface area contributed by atoms with E-state index in [1.165, 1.54) is 6.92 Å². The Morgan fingerprint density at radius 3 is 2.87 bits per heavy atom. The Morgan fingerprint density at radius 2 is 2.23 bits per heavy atom. The van der Waals surface area contributed by atoms with Crippen LogP contribution in [-0.4, -0.2) is 58.0 Å². The second-order valence-corrected chi connectivity index (χ2v) is 8.44. The van der Waals surface area contributed by atoms with Crippen LogP contribution in [0.2, 0.25) is 0 Å². The standard InChI is InChI=1S/C22H28F2N6O/c1-14(31)30-7-6-20(26-11-17-9-22(17,23)24)19(13-30)21(25)28-18-5-3-4-15(8-18)16-10-27-29(2)12-16/h3-4,8,10,12,17-18,26H,5-7,9,11,13H2,1-2H3,(H2,25,28). The third-order valence-electron chi connectivity index (χ3n) is 6.01. The van der Waals surface area contributed by atoms with Crippen LogP contribution in [0, 0.1) is 5.92 Å². The molecule has 1 aliphatic heterocycles. The molecule has 0 spiro atoms. The van der Waals surface area contributed by atoms with Gasteiger partial charge in [0.05, 0.1) is 18.8 Å². The third-order valence-corrected chi connectivity index (χ3v) is 6.01. The van der Waals surface area contributed by atoms with Crippen molar-refractivity contribution in [3.8, 4) is 0 Å². The molecular formula is C22H28F2N6O. The van der Waals surface area contributed by atoms with Gasteiger partial charge in [-0.3, -0.25) is 14.5 Å². The highest BCUT2D eigenvalue weighted by molar-refractivity contribution is 5.99. The summed E-state index contributed by atoms with van der Waals surface area (Å²) >= 11 is 0. The molecular weight excluding hydrogens is 402 g/mol. The lowest BCUT2D eigenvalue weighted by Gasteiger charge is -2.31. The minimum Gasteiger partial charge on any atom is -0.387 e. The number of hydrogen-bond acceptors (Lipinski definition) is 4. The van der Waals surface area contributed by atoms with Crippen LogP contribution < -0.4 is 11.1 Å². The minimum atomic E-state index is -2.57. The number of carbonyl (C=O) groups excluding carboxylic acids is 1. The second kappa shape index (κ2) is 8.28. The van der Waals surface area contributed by atoms with E-state index in [0.29, 0.717) is 31.8 Å². The van der Waals surface area contributed by atoms with Gasteiger partial charge in [-0.15, -0.1) is 0 Å². The lowest BCUT2D eigenvalue weighted by atomic mass is 9.98. The number of nitrogens with one attached hydrogen (secondary N) is 1. The summed E-state index contributed by atoms with van der Waals surface area (Å²) in [6, 6.07) is -0.144. The van der Waals surface area contributed by atoms with E-state index >= 15 is 0 Å². The monoisotopic (exact) mass is 430 g/mol. The number of halogens is 2. The first kappa shape index (κ1) is 21.3. The summed E-state index contributed by atoms with van der Waals surface area (Å²) in [5.41, 5.74) is 9.95. The van der Waals surface area contributed by atoms with Crippen LogP contribution in [0.25, 0.3) is 5.57 Å². The highest BCUT2D eigenvalue weighted by Crippen LogP contribution is 2.48. The molecule has 0 bridgehead atoms. The van der Waals surface area contributed by atoms with Crippen molar-refractivity contribution >= 4 is 17.3 Å². The molecule has 3 aliphatic rings. The number of amides is 1. The maximum absolute atomic E-state index is 13.3. The van der Waals surface area contributed by atoms with E-state index in [2.05, 4.69) is 16.5 Å². The Kier molecular flexibility index (Phi) is 5.68. The second-order valence-electron chi connectivity index (χ2n) is 8.44. The fourth-order valence-electron chi connectivity index (χ4n) is 3.97. The molecule has 2 heterocycles. The number of alkyl halides is 2. The number of hydrogen-bond donors (Lipinski definition) is 2. The van der Waals surface area contributed by atoms with E-state index in [9.17, 15) is 13.6 Å². The average Bonchev–Trinajstić information content (AvgIpc) is 3.12. The van der Waals surface area contributed by atoms with E-state index in [-0.39, 0.29) is 24.9 Å². The highest BCUT2D eigenvalue weighted by atomic mass is 19.3. The first-order chi connectivity index (χ1) is 14.7. The summed E-state index contributed by atoms with van der Waals surface area (Å²) in [6.45, 7) is 2.59. The van der Waals surface area contributed by atoms with Crippen molar-refractivity contribution in [3.05, 3.63) is 47.5 Å². The molecule has 2 unspecified atom stereocenters. The zero-order chi connectivity index (χ0) is 22.2. The smallest absolute Gasteiger partial charge is 0.253 e. The van der Waals surface area contributed by atoms with Gasteiger partial charge in [0.2, 0.25) is 5.91 Å². The van der Waals surface area contributed by atoms with Gasteiger partial charge in [-0.1, -0.05) is 18.2 Å². The van der Waals surface area contributed by atoms with Gasteiger partial charge in [0.25, 0.3) is 5.92 Å². The third kappa shape index (κ3) is 4.86. The molecule has 0 aromatic carbocycles. The molecule has 0 radical (unpaired) electrons. The normalized spacial score (nSPS) is 25.5. The highest BCUT2D eigenvalue weighted by Gasteiger charge is 2.56. The largest absolute Gasteiger partial charge is 0.387 e. The Hall–Kier alpha value is -2.97. The molecule has 2 aliphatic carbocycles. The summed E-state index contributed by atoms with van der Waals surface area (Å²) in [5, 5.41) is 7.38. The summed E-state index contributed by atoms with van der Waals surface area (Å²) in [4.78, 5) is 18.3. The SMILES string of the molecule is CC(=O)N1CCC(NCC2CC2(F)F)=C(C(N)=NC2C=C(c3cnn(C)c3)C=CC2)C1. The van der Waals surface area contributed by atoms with Crippen molar-refractivity contribution in [2.45, 2.75) is 38.2 Å². The van der Waals surface area contributed by atoms with Crippen LogP contribution >= 0.6 is 0 Å². The van der Waals surface area contributed by atoms with Crippen molar-refractivity contribution in [2.75, 3.05) is 19.6 Å². The van der Waals surface area contributed by atoms with Gasteiger partial charge in [0.1, 0.15) is 5.84 Å². The number of allylic oxidation sites excluding steroid dienone is 2. The zero-order valence-corrected chi connectivity index (χ0v) is 17.8. The van der Waals surface area contributed by atoms with Gasteiger partial charge in [0.15, 0.2) is 0 Å². The minimum absolute atomic E-state index is 0.0440. The molecule has 31 heavy (non-hydrogen) atoms. The molecule has 0 saturated heterocycles. The van der Waals surface area contributed by atoms with Crippen LogP contribution in [0.3, 0.4) is 0 Å². The Labute approximate surface area is 180 Å². The number of nitrogens with zero attached hydrogens (tertiary/aromatic N) is 4. The van der Waals surface area contributed by atoms with Crippen LogP contribution in [0.1, 0.15) is 31.7 Å². The Bertz CT molecular complexity index is 990. The number of nitrogens with two attached hydrogens (primary N) is 1. The predicted octanol–water partition coefficient (Wildman–Crippen LogP) is 2.24. The quantitative estimate of drug-likeness (QED) is 0.535. The zero-order valence-electron chi connectivity index (χ0n) is 17.8. The fourth-order valence-corrected chi connectivity index (χ4v) is 3.97. The van der Waals surface area contributed by atoms with Crippen molar-refractivity contribution < 1.29 is 13.6 Å². The number of aliphatic imine (C=N–C) groups is 1. The van der Waals surface area contributed by atoms with E-state index in [1.807, 2.05) is 25.4 Å². The first-order valence-electron chi connectivity index (χ1n) is 10.5. The van der Waals surface area contributed by atoms with Crippen molar-refractivity contribution in [1.29, 1.82) is 0 Å². The first-order valence-corrected chi connectivity index (χ1v) is 10.5. The van der Waals surface area contributed by atoms with Crippen molar-refractivity contribution in [3.63, 3.8) is 0 Å². The van der Waals surface area contributed by atoms with Gasteiger partial charge < -0.3 is 16.0 Å². The lowest BCUT2D eigenvalue weighted by molar-refractivity contribution is -0.128. The number of aryl methyl sites for hydroxylation is 1. The molecule has 4 rings (SSSR count). The molecule has 1 fully saturated rings. The number of carbonyl (C=O) groups is 1. The van der Waals surface area contributed by atoms with Crippen molar-refractivity contribution in [2.24, 2.45) is 23.7 Å². The van der Waals surface area contributed by atoms with Crippen LogP contribution in [0.15, 0.2) is 46.9 Å². The lowest BCUT2D eigenvalue weighted by Crippen LogP contribution is -2.42. The summed E-state index contributed by atoms with van der Waals surface area (Å²) < 4.78 is 28.3. The Balaban J connectivity index is 1.55. The maximum atomic E-state index is 13.3. The molecule has 1 amide bonds. The van der Waals surface area contributed by atoms with Gasteiger partial charge in [0, 0.05) is 68.9 Å². The van der Waals surface area contributed by atoms with E-state index < -0.39 is 11.8 Å². The number of amidine groups is 1. The topological polar surface area (TPSA) is 88.5 Å². The fraction of sp³-hybridized carbons (Fsp3) is 0.500. The molecule has 1 saturated carbocycles. The molecule has 9 heteroatoms. The maximum Gasteiger partial charge on any atom is 0.253 e. The Morgan fingerprint density at radius 1 is 1.45 bits per heavy atom. The van der Waals surface area contributed by atoms with E-state index in [0.717, 1.165) is 22.4 Å². The summed E-state index contributed by atoms with van der Waals surface area (Å²) in [7, 11) is 1.87. The summed E-state index contributed by atoms with van der Waals surface area (Å²) in [6.07, 6.45) is 11.1. The molecule has 1 aromatic heterocycles. The van der Waals surface area contributed by atoms with Crippen LogP contribution in [0.5, 0.6) is 0 Å². The number of aromatic nitrogens is 2. The molecule has 166 valence electrons.